The molecule has 1 heterocycles. The molecule has 0 bridgehead atoms. The zero-order chi connectivity index (χ0) is 18.7. The summed E-state index contributed by atoms with van der Waals surface area (Å²) >= 11 is 1.53. The van der Waals surface area contributed by atoms with Crippen LogP contribution in [-0.2, 0) is 10.5 Å². The number of hydrogen-bond donors (Lipinski definition) is 1. The molecule has 1 N–H and O–H groups in total. The molecule has 2 aromatic rings. The van der Waals surface area contributed by atoms with Gasteiger partial charge in [0.25, 0.3) is 0 Å². The Labute approximate surface area is 158 Å². The highest BCUT2D eigenvalue weighted by molar-refractivity contribution is 7.99. The van der Waals surface area contributed by atoms with Gasteiger partial charge in [-0.2, -0.15) is 0 Å². The van der Waals surface area contributed by atoms with Gasteiger partial charge < -0.3 is 10.1 Å². The van der Waals surface area contributed by atoms with E-state index in [0.29, 0.717) is 11.5 Å². The molecule has 3 rings (SSSR count). The molecule has 26 heavy (non-hydrogen) atoms. The van der Waals surface area contributed by atoms with Gasteiger partial charge in [-0.15, -0.1) is 11.8 Å². The van der Waals surface area contributed by atoms with Crippen LogP contribution in [0.25, 0.3) is 0 Å². The molecule has 2 aromatic carbocycles. The minimum absolute atomic E-state index is 0.00673. The Morgan fingerprint density at radius 1 is 1.27 bits per heavy atom. The fourth-order valence-electron chi connectivity index (χ4n) is 3.18. The van der Waals surface area contributed by atoms with Crippen LogP contribution in [0.2, 0.25) is 0 Å². The number of halogens is 1. The van der Waals surface area contributed by atoms with Crippen LogP contribution in [0.5, 0.6) is 5.75 Å². The minimum atomic E-state index is -0.318. The molecule has 0 aromatic heterocycles. The van der Waals surface area contributed by atoms with E-state index < -0.39 is 0 Å². The van der Waals surface area contributed by atoms with Gasteiger partial charge in [0, 0.05) is 17.7 Å². The Morgan fingerprint density at radius 2 is 2.00 bits per heavy atom. The van der Waals surface area contributed by atoms with Gasteiger partial charge in [0.2, 0.25) is 5.91 Å². The highest BCUT2D eigenvalue weighted by atomic mass is 32.2. The van der Waals surface area contributed by atoms with Gasteiger partial charge in [-0.25, -0.2) is 4.39 Å². The van der Waals surface area contributed by atoms with Gasteiger partial charge in [-0.3, -0.25) is 4.79 Å². The third kappa shape index (κ3) is 4.79. The van der Waals surface area contributed by atoms with Crippen LogP contribution >= 0.6 is 11.8 Å². The lowest BCUT2D eigenvalue weighted by Crippen LogP contribution is -2.41. The predicted octanol–water partition coefficient (Wildman–Crippen LogP) is 4.79. The average Bonchev–Trinajstić information content (AvgIpc) is 2.57. The van der Waals surface area contributed by atoms with E-state index in [2.05, 4.69) is 11.4 Å². The van der Waals surface area contributed by atoms with Gasteiger partial charge in [0.15, 0.2) is 0 Å². The van der Waals surface area contributed by atoms with Crippen molar-refractivity contribution in [2.75, 3.05) is 5.75 Å². The van der Waals surface area contributed by atoms with Crippen molar-refractivity contribution in [2.45, 2.75) is 44.6 Å². The van der Waals surface area contributed by atoms with Crippen molar-refractivity contribution in [3.05, 3.63) is 65.0 Å². The Hall–Kier alpha value is -2.01. The number of carbonyl (C=O) groups excluding carboxylic acids is 1. The number of rotatable bonds is 5. The van der Waals surface area contributed by atoms with Crippen LogP contribution < -0.4 is 10.1 Å². The molecule has 0 fully saturated rings. The van der Waals surface area contributed by atoms with Gasteiger partial charge in [0.05, 0.1) is 11.8 Å². The van der Waals surface area contributed by atoms with Crippen LogP contribution in [0, 0.1) is 12.7 Å². The fraction of sp³-hybridized carbons (Fsp3) is 0.381. The number of ether oxygens (including phenoxy) is 1. The average molecular weight is 373 g/mol. The fourth-order valence-corrected chi connectivity index (χ4v) is 3.98. The van der Waals surface area contributed by atoms with Crippen LogP contribution in [0.15, 0.2) is 42.5 Å². The molecule has 3 nitrogen and oxygen atoms in total. The molecule has 0 aliphatic carbocycles. The quantitative estimate of drug-likeness (QED) is 0.819. The first-order valence-corrected chi connectivity index (χ1v) is 9.89. The second-order valence-electron chi connectivity index (χ2n) is 7.35. The van der Waals surface area contributed by atoms with Crippen molar-refractivity contribution in [1.29, 1.82) is 0 Å². The summed E-state index contributed by atoms with van der Waals surface area (Å²) in [6.07, 6.45) is 0.734. The topological polar surface area (TPSA) is 38.3 Å². The van der Waals surface area contributed by atoms with Crippen molar-refractivity contribution >= 4 is 17.7 Å². The van der Waals surface area contributed by atoms with Crippen molar-refractivity contribution in [1.82, 2.24) is 5.32 Å². The molecule has 1 aliphatic heterocycles. The number of nitrogens with one attached hydrogen (secondary N) is 1. The number of amides is 1. The number of hydrogen-bond acceptors (Lipinski definition) is 3. The maximum absolute atomic E-state index is 12.9. The number of aryl methyl sites for hydroxylation is 1. The number of thioether (sulfide) groups is 1. The molecular formula is C21H24FNO2S. The molecule has 1 unspecified atom stereocenters. The number of carbonyl (C=O) groups is 1. The lowest BCUT2D eigenvalue weighted by Gasteiger charge is -2.38. The Bertz CT molecular complexity index is 789. The van der Waals surface area contributed by atoms with E-state index in [-0.39, 0.29) is 23.4 Å². The molecular weight excluding hydrogens is 349 g/mol. The summed E-state index contributed by atoms with van der Waals surface area (Å²) in [5, 5.41) is 3.15. The van der Waals surface area contributed by atoms with Gasteiger partial charge in [-0.05, 0) is 44.5 Å². The maximum Gasteiger partial charge on any atom is 0.230 e. The van der Waals surface area contributed by atoms with Crippen LogP contribution in [0.4, 0.5) is 4.39 Å². The van der Waals surface area contributed by atoms with Crippen LogP contribution in [0.1, 0.15) is 43.0 Å². The van der Waals surface area contributed by atoms with Crippen LogP contribution in [0.3, 0.4) is 0 Å². The highest BCUT2D eigenvalue weighted by Gasteiger charge is 2.34. The lowest BCUT2D eigenvalue weighted by atomic mass is 9.89. The smallest absolute Gasteiger partial charge is 0.230 e. The summed E-state index contributed by atoms with van der Waals surface area (Å²) in [6, 6.07) is 12.4. The van der Waals surface area contributed by atoms with E-state index in [1.165, 1.54) is 23.9 Å². The number of benzene rings is 2. The summed E-state index contributed by atoms with van der Waals surface area (Å²) in [4.78, 5) is 12.4. The van der Waals surface area contributed by atoms with E-state index in [1.54, 1.807) is 12.1 Å². The SMILES string of the molecule is Cc1ccc2c(c1)C(NC(=O)CSCc1ccc(F)cc1)CC(C)(C)O2. The summed E-state index contributed by atoms with van der Waals surface area (Å²) in [6.45, 7) is 6.12. The minimum Gasteiger partial charge on any atom is -0.487 e. The lowest BCUT2D eigenvalue weighted by molar-refractivity contribution is -0.119. The summed E-state index contributed by atoms with van der Waals surface area (Å²) in [5.41, 5.74) is 2.89. The first-order chi connectivity index (χ1) is 12.3. The van der Waals surface area contributed by atoms with E-state index in [0.717, 1.165) is 28.9 Å². The summed E-state index contributed by atoms with van der Waals surface area (Å²) < 4.78 is 19.0. The maximum atomic E-state index is 12.9. The van der Waals surface area contributed by atoms with E-state index in [9.17, 15) is 9.18 Å². The third-order valence-corrected chi connectivity index (χ3v) is 5.38. The molecule has 138 valence electrons. The van der Waals surface area contributed by atoms with Crippen molar-refractivity contribution in [3.8, 4) is 5.75 Å². The van der Waals surface area contributed by atoms with Gasteiger partial charge in [-0.1, -0.05) is 29.8 Å². The molecule has 5 heteroatoms. The van der Waals surface area contributed by atoms with Crippen molar-refractivity contribution < 1.29 is 13.9 Å². The van der Waals surface area contributed by atoms with Crippen molar-refractivity contribution in [2.24, 2.45) is 0 Å². The molecule has 1 amide bonds. The first kappa shape index (κ1) is 18.8. The Balaban J connectivity index is 1.60. The monoisotopic (exact) mass is 373 g/mol. The molecule has 0 saturated carbocycles. The van der Waals surface area contributed by atoms with E-state index in [4.69, 9.17) is 4.74 Å². The Kier molecular flexibility index (Phi) is 5.56. The predicted molar refractivity (Wildman–Crippen MR) is 104 cm³/mol. The van der Waals surface area contributed by atoms with Gasteiger partial charge in [0.1, 0.15) is 17.2 Å². The first-order valence-electron chi connectivity index (χ1n) is 8.73. The third-order valence-electron chi connectivity index (χ3n) is 4.37. The number of fused-ring (bicyclic) bond motifs is 1. The second kappa shape index (κ2) is 7.70. The molecule has 0 radical (unpaired) electrons. The molecule has 1 aliphatic rings. The van der Waals surface area contributed by atoms with E-state index >= 15 is 0 Å². The normalized spacial score (nSPS) is 17.9. The largest absolute Gasteiger partial charge is 0.487 e. The van der Waals surface area contributed by atoms with Crippen LogP contribution in [-0.4, -0.2) is 17.3 Å². The van der Waals surface area contributed by atoms with E-state index in [1.807, 2.05) is 32.9 Å². The summed E-state index contributed by atoms with van der Waals surface area (Å²) in [5.74, 6) is 1.66. The second-order valence-corrected chi connectivity index (χ2v) is 8.33. The molecule has 1 atom stereocenters. The zero-order valence-electron chi connectivity index (χ0n) is 15.3. The molecule has 0 saturated heterocycles. The highest BCUT2D eigenvalue weighted by Crippen LogP contribution is 2.39. The zero-order valence-corrected chi connectivity index (χ0v) is 16.2. The Morgan fingerprint density at radius 3 is 2.73 bits per heavy atom. The summed E-state index contributed by atoms with van der Waals surface area (Å²) in [7, 11) is 0. The molecule has 0 spiro atoms. The van der Waals surface area contributed by atoms with Crippen molar-refractivity contribution in [3.63, 3.8) is 0 Å². The standard InChI is InChI=1S/C21H24FNO2S/c1-14-4-9-19-17(10-14)18(11-21(2,3)25-19)23-20(24)13-26-12-15-5-7-16(22)8-6-15/h4-10,18H,11-13H2,1-3H3,(H,23,24). The van der Waals surface area contributed by atoms with Gasteiger partial charge >= 0.3 is 0 Å².